The summed E-state index contributed by atoms with van der Waals surface area (Å²) in [5.41, 5.74) is 0.351. The second-order valence-corrected chi connectivity index (χ2v) is 3.03. The lowest BCUT2D eigenvalue weighted by Crippen LogP contribution is -2.06. The van der Waals surface area contributed by atoms with E-state index < -0.39 is 5.97 Å². The van der Waals surface area contributed by atoms with Crippen LogP contribution >= 0.6 is 0 Å². The van der Waals surface area contributed by atoms with Crippen LogP contribution in [0.1, 0.15) is 34.1 Å². The zero-order valence-electron chi connectivity index (χ0n) is 8.40. The molecule has 0 amide bonds. The Morgan fingerprint density at radius 1 is 1.53 bits per heavy atom. The first kappa shape index (κ1) is 11.2. The molecule has 0 aromatic heterocycles. The molecule has 1 N–H and O–H groups in total. The molecule has 0 aliphatic heterocycles. The second kappa shape index (κ2) is 5.14. The molecule has 4 heteroatoms. The smallest absolute Gasteiger partial charge is 0.338 e. The highest BCUT2D eigenvalue weighted by molar-refractivity contribution is 5.92. The predicted molar refractivity (Wildman–Crippen MR) is 54.1 cm³/mol. The van der Waals surface area contributed by atoms with Crippen molar-refractivity contribution in [1.29, 1.82) is 0 Å². The third-order valence-corrected chi connectivity index (χ3v) is 1.83. The highest BCUT2D eigenvalue weighted by Gasteiger charge is 2.09. The molecule has 0 unspecified atom stereocenters. The van der Waals surface area contributed by atoms with Crippen molar-refractivity contribution < 1.29 is 19.4 Å². The van der Waals surface area contributed by atoms with E-state index in [-0.39, 0.29) is 16.9 Å². The Morgan fingerprint density at radius 2 is 2.27 bits per heavy atom. The van der Waals surface area contributed by atoms with E-state index in [2.05, 4.69) is 0 Å². The monoisotopic (exact) mass is 208 g/mol. The first-order valence-corrected chi connectivity index (χ1v) is 4.64. The van der Waals surface area contributed by atoms with Crippen LogP contribution in [0.3, 0.4) is 0 Å². The molecule has 80 valence electrons. The number of phenolic OH excluding ortho intramolecular Hbond substituents is 1. The average Bonchev–Trinajstić information content (AvgIpc) is 2.26. The summed E-state index contributed by atoms with van der Waals surface area (Å²) in [4.78, 5) is 21.9. The van der Waals surface area contributed by atoms with E-state index in [1.165, 1.54) is 18.2 Å². The zero-order chi connectivity index (χ0) is 11.3. The van der Waals surface area contributed by atoms with Crippen LogP contribution in [0.25, 0.3) is 0 Å². The number of hydrogen-bond acceptors (Lipinski definition) is 4. The number of ether oxygens (including phenoxy) is 1. The lowest BCUT2D eigenvalue weighted by Gasteiger charge is -2.04. The van der Waals surface area contributed by atoms with E-state index in [0.717, 1.165) is 6.42 Å². The van der Waals surface area contributed by atoms with E-state index in [1.807, 2.05) is 6.92 Å². The van der Waals surface area contributed by atoms with Crippen LogP contribution in [-0.2, 0) is 4.74 Å². The fourth-order valence-electron chi connectivity index (χ4n) is 1.05. The maximum Gasteiger partial charge on any atom is 0.338 e. The van der Waals surface area contributed by atoms with E-state index in [0.29, 0.717) is 12.9 Å². The van der Waals surface area contributed by atoms with Crippen molar-refractivity contribution in [3.05, 3.63) is 29.3 Å². The van der Waals surface area contributed by atoms with E-state index in [4.69, 9.17) is 4.74 Å². The number of esters is 1. The predicted octanol–water partition coefficient (Wildman–Crippen LogP) is 1.77. The Kier molecular flexibility index (Phi) is 3.85. The summed E-state index contributed by atoms with van der Waals surface area (Å²) < 4.78 is 4.88. The first-order valence-electron chi connectivity index (χ1n) is 4.64. The summed E-state index contributed by atoms with van der Waals surface area (Å²) in [7, 11) is 0. The minimum atomic E-state index is -0.486. The van der Waals surface area contributed by atoms with Crippen LogP contribution in [0.4, 0.5) is 0 Å². The van der Waals surface area contributed by atoms with Crippen LogP contribution in [0.2, 0.25) is 0 Å². The number of aldehydes is 1. The van der Waals surface area contributed by atoms with Gasteiger partial charge in [0.15, 0.2) is 6.29 Å². The van der Waals surface area contributed by atoms with Crippen LogP contribution < -0.4 is 0 Å². The lowest BCUT2D eigenvalue weighted by atomic mass is 10.1. The third-order valence-electron chi connectivity index (χ3n) is 1.83. The molecule has 0 aliphatic carbocycles. The van der Waals surface area contributed by atoms with Crippen molar-refractivity contribution in [1.82, 2.24) is 0 Å². The normalized spacial score (nSPS) is 9.67. The largest absolute Gasteiger partial charge is 0.507 e. The quantitative estimate of drug-likeness (QED) is 0.605. The topological polar surface area (TPSA) is 63.6 Å². The molecule has 0 aliphatic rings. The second-order valence-electron chi connectivity index (χ2n) is 3.03. The summed E-state index contributed by atoms with van der Waals surface area (Å²) in [6, 6.07) is 4.02. The molecule has 4 nitrogen and oxygen atoms in total. The molecule has 0 atom stereocenters. The number of phenols is 1. The Labute approximate surface area is 87.5 Å². The summed E-state index contributed by atoms with van der Waals surface area (Å²) in [5.74, 6) is -0.628. The highest BCUT2D eigenvalue weighted by Crippen LogP contribution is 2.16. The molecular weight excluding hydrogens is 196 g/mol. The third kappa shape index (κ3) is 2.80. The van der Waals surface area contributed by atoms with Gasteiger partial charge in [-0.1, -0.05) is 6.92 Å². The fourth-order valence-corrected chi connectivity index (χ4v) is 1.05. The van der Waals surface area contributed by atoms with Gasteiger partial charge in [0, 0.05) is 0 Å². The molecule has 0 radical (unpaired) electrons. The molecule has 0 spiro atoms. The summed E-state index contributed by atoms with van der Waals surface area (Å²) in [6.45, 7) is 2.23. The highest BCUT2D eigenvalue weighted by atomic mass is 16.5. The van der Waals surface area contributed by atoms with Gasteiger partial charge in [-0.15, -0.1) is 0 Å². The molecule has 0 heterocycles. The minimum Gasteiger partial charge on any atom is -0.507 e. The molecule has 0 saturated heterocycles. The lowest BCUT2D eigenvalue weighted by molar-refractivity contribution is 0.0505. The Bertz CT molecular complexity index is 371. The molecule has 1 aromatic carbocycles. The Hall–Kier alpha value is -1.84. The summed E-state index contributed by atoms with van der Waals surface area (Å²) in [6.07, 6.45) is 1.23. The number of carbonyl (C=O) groups is 2. The van der Waals surface area contributed by atoms with E-state index >= 15 is 0 Å². The van der Waals surface area contributed by atoms with Crippen molar-refractivity contribution in [2.75, 3.05) is 6.61 Å². The van der Waals surface area contributed by atoms with Gasteiger partial charge in [-0.3, -0.25) is 4.79 Å². The van der Waals surface area contributed by atoms with Crippen LogP contribution in [0.5, 0.6) is 5.75 Å². The number of hydrogen-bond donors (Lipinski definition) is 1. The number of rotatable bonds is 4. The van der Waals surface area contributed by atoms with Gasteiger partial charge < -0.3 is 9.84 Å². The molecule has 0 fully saturated rings. The number of benzene rings is 1. The molecule has 0 bridgehead atoms. The van der Waals surface area contributed by atoms with Crippen molar-refractivity contribution in [2.45, 2.75) is 13.3 Å². The van der Waals surface area contributed by atoms with Gasteiger partial charge in [-0.25, -0.2) is 4.79 Å². The molecular formula is C11H12O4. The Morgan fingerprint density at radius 3 is 2.87 bits per heavy atom. The molecule has 15 heavy (non-hydrogen) atoms. The van der Waals surface area contributed by atoms with Crippen LogP contribution in [-0.4, -0.2) is 24.0 Å². The number of carbonyl (C=O) groups excluding carboxylic acids is 2. The van der Waals surface area contributed by atoms with E-state index in [1.54, 1.807) is 0 Å². The van der Waals surface area contributed by atoms with Gasteiger partial charge in [-0.2, -0.15) is 0 Å². The van der Waals surface area contributed by atoms with Crippen molar-refractivity contribution in [3.8, 4) is 5.75 Å². The SMILES string of the molecule is CCCOC(=O)c1ccc(O)c(C=O)c1. The summed E-state index contributed by atoms with van der Waals surface area (Å²) in [5, 5.41) is 9.21. The van der Waals surface area contributed by atoms with Crippen molar-refractivity contribution >= 4 is 12.3 Å². The van der Waals surface area contributed by atoms with Gasteiger partial charge >= 0.3 is 5.97 Å². The average molecular weight is 208 g/mol. The van der Waals surface area contributed by atoms with Gasteiger partial charge in [0.05, 0.1) is 17.7 Å². The minimum absolute atomic E-state index is 0.0842. The maximum atomic E-state index is 11.4. The fraction of sp³-hybridized carbons (Fsp3) is 0.273. The standard InChI is InChI=1S/C11H12O4/c1-2-5-15-11(14)8-3-4-10(13)9(6-8)7-12/h3-4,6-7,13H,2,5H2,1H3. The molecule has 1 rings (SSSR count). The number of aromatic hydroxyl groups is 1. The summed E-state index contributed by atoms with van der Waals surface area (Å²) >= 11 is 0. The van der Waals surface area contributed by atoms with Crippen LogP contribution in [0, 0.1) is 0 Å². The van der Waals surface area contributed by atoms with Crippen molar-refractivity contribution in [2.24, 2.45) is 0 Å². The van der Waals surface area contributed by atoms with E-state index in [9.17, 15) is 14.7 Å². The zero-order valence-corrected chi connectivity index (χ0v) is 8.40. The van der Waals surface area contributed by atoms with Gasteiger partial charge in [-0.05, 0) is 24.6 Å². The van der Waals surface area contributed by atoms with Crippen molar-refractivity contribution in [3.63, 3.8) is 0 Å². The van der Waals surface area contributed by atoms with Gasteiger partial charge in [0.1, 0.15) is 5.75 Å². The van der Waals surface area contributed by atoms with Gasteiger partial charge in [0.25, 0.3) is 0 Å². The van der Waals surface area contributed by atoms with Crippen LogP contribution in [0.15, 0.2) is 18.2 Å². The maximum absolute atomic E-state index is 11.4. The Balaban J connectivity index is 2.86. The molecule has 1 aromatic rings. The first-order chi connectivity index (χ1) is 7.19. The van der Waals surface area contributed by atoms with Gasteiger partial charge in [0.2, 0.25) is 0 Å². The molecule has 0 saturated carbocycles.